The van der Waals surface area contributed by atoms with Gasteiger partial charge in [0.15, 0.2) is 11.5 Å². The normalized spacial score (nSPS) is 20.9. The van der Waals surface area contributed by atoms with Crippen LogP contribution in [0.2, 0.25) is 0 Å². The van der Waals surface area contributed by atoms with Gasteiger partial charge in [-0.15, -0.1) is 11.8 Å². The number of fused-ring (bicyclic) bond motifs is 1. The van der Waals surface area contributed by atoms with Crippen molar-refractivity contribution in [2.75, 3.05) is 27.3 Å². The standard InChI is InChI=1S/C28H34N2O4S/c1-19-8-10-20(11-9-19)17-26-28(32)30(22-6-4-5-7-25(22)35-26)18-27(31)29-15-14-21-12-13-23(33-2)24(16-21)34-3/h8-13,16-17,22,25H,4-7,14-15,18H2,1-3H3,(H,29,31)/b26-17+. The molecule has 186 valence electrons. The monoisotopic (exact) mass is 494 g/mol. The average molecular weight is 495 g/mol. The van der Waals surface area contributed by atoms with Crippen molar-refractivity contribution in [1.29, 1.82) is 0 Å². The van der Waals surface area contributed by atoms with E-state index >= 15 is 0 Å². The number of nitrogens with one attached hydrogen (secondary N) is 1. The molecule has 1 N–H and O–H groups in total. The molecule has 2 aromatic carbocycles. The molecule has 1 saturated heterocycles. The van der Waals surface area contributed by atoms with Crippen molar-refractivity contribution in [2.24, 2.45) is 0 Å². The van der Waals surface area contributed by atoms with Crippen LogP contribution in [-0.2, 0) is 16.0 Å². The third-order valence-electron chi connectivity index (χ3n) is 6.69. The van der Waals surface area contributed by atoms with Gasteiger partial charge in [-0.05, 0) is 55.5 Å². The highest BCUT2D eigenvalue weighted by atomic mass is 32.2. The molecule has 0 spiro atoms. The number of hydrogen-bond acceptors (Lipinski definition) is 5. The lowest BCUT2D eigenvalue weighted by molar-refractivity contribution is -0.135. The van der Waals surface area contributed by atoms with Gasteiger partial charge >= 0.3 is 0 Å². The van der Waals surface area contributed by atoms with Crippen molar-refractivity contribution >= 4 is 29.7 Å². The van der Waals surface area contributed by atoms with Crippen LogP contribution < -0.4 is 14.8 Å². The Hall–Kier alpha value is -2.93. The van der Waals surface area contributed by atoms with E-state index in [1.165, 1.54) is 12.0 Å². The van der Waals surface area contributed by atoms with Gasteiger partial charge < -0.3 is 19.7 Å². The van der Waals surface area contributed by atoms with Crippen LogP contribution in [0.15, 0.2) is 47.4 Å². The summed E-state index contributed by atoms with van der Waals surface area (Å²) in [6.07, 6.45) is 6.94. The van der Waals surface area contributed by atoms with Gasteiger partial charge in [-0.3, -0.25) is 9.59 Å². The molecule has 2 aromatic rings. The smallest absolute Gasteiger partial charge is 0.261 e. The third kappa shape index (κ3) is 6.20. The Bertz CT molecular complexity index is 1080. The number of aryl methyl sites for hydroxylation is 1. The van der Waals surface area contributed by atoms with Gasteiger partial charge in [0.1, 0.15) is 6.54 Å². The van der Waals surface area contributed by atoms with Gasteiger partial charge in [0.2, 0.25) is 5.91 Å². The van der Waals surface area contributed by atoms with Crippen LogP contribution in [0.4, 0.5) is 0 Å². The molecule has 1 saturated carbocycles. The van der Waals surface area contributed by atoms with Gasteiger partial charge in [-0.2, -0.15) is 0 Å². The number of thioether (sulfide) groups is 1. The first-order valence-corrected chi connectivity index (χ1v) is 13.1. The lowest BCUT2D eigenvalue weighted by Crippen LogP contribution is -2.54. The highest BCUT2D eigenvalue weighted by Gasteiger charge is 2.41. The van der Waals surface area contributed by atoms with Crippen molar-refractivity contribution in [3.05, 3.63) is 64.1 Å². The van der Waals surface area contributed by atoms with E-state index in [-0.39, 0.29) is 24.4 Å². The van der Waals surface area contributed by atoms with Crippen LogP contribution in [0, 0.1) is 6.92 Å². The molecule has 1 aliphatic heterocycles. The number of amides is 2. The number of ether oxygens (including phenoxy) is 2. The Morgan fingerprint density at radius 2 is 1.83 bits per heavy atom. The number of rotatable bonds is 8. The topological polar surface area (TPSA) is 67.9 Å². The zero-order chi connectivity index (χ0) is 24.8. The van der Waals surface area contributed by atoms with E-state index in [4.69, 9.17) is 9.47 Å². The van der Waals surface area contributed by atoms with E-state index in [9.17, 15) is 9.59 Å². The Kier molecular flexibility index (Phi) is 8.39. The maximum absolute atomic E-state index is 13.4. The molecule has 2 atom stereocenters. The molecule has 2 amide bonds. The largest absolute Gasteiger partial charge is 0.493 e. The predicted molar refractivity (Wildman–Crippen MR) is 141 cm³/mol. The van der Waals surface area contributed by atoms with Gasteiger partial charge in [0, 0.05) is 17.8 Å². The first kappa shape index (κ1) is 25.2. The maximum atomic E-state index is 13.4. The van der Waals surface area contributed by atoms with Gasteiger partial charge in [-0.25, -0.2) is 0 Å². The van der Waals surface area contributed by atoms with Gasteiger partial charge in [-0.1, -0.05) is 48.7 Å². The van der Waals surface area contributed by atoms with E-state index in [2.05, 4.69) is 24.4 Å². The van der Waals surface area contributed by atoms with Crippen molar-refractivity contribution in [1.82, 2.24) is 10.2 Å². The van der Waals surface area contributed by atoms with Gasteiger partial charge in [0.25, 0.3) is 5.91 Å². The number of carbonyl (C=O) groups excluding carboxylic acids is 2. The fourth-order valence-corrected chi connectivity index (χ4v) is 6.24. The van der Waals surface area contributed by atoms with Crippen molar-refractivity contribution < 1.29 is 19.1 Å². The molecule has 35 heavy (non-hydrogen) atoms. The maximum Gasteiger partial charge on any atom is 0.261 e. The van der Waals surface area contributed by atoms with Crippen LogP contribution in [0.25, 0.3) is 6.08 Å². The summed E-state index contributed by atoms with van der Waals surface area (Å²) in [5.41, 5.74) is 3.25. The molecule has 2 aliphatic rings. The minimum Gasteiger partial charge on any atom is -0.493 e. The summed E-state index contributed by atoms with van der Waals surface area (Å²) >= 11 is 1.69. The molecule has 0 radical (unpaired) electrons. The SMILES string of the molecule is COc1ccc(CCNC(=O)CN2C(=O)/C(=C\c3ccc(C)cc3)SC3CCCCC32)cc1OC. The molecule has 6 nitrogen and oxygen atoms in total. The first-order valence-electron chi connectivity index (χ1n) is 12.2. The molecule has 1 aliphatic carbocycles. The van der Waals surface area contributed by atoms with E-state index in [1.807, 2.05) is 41.3 Å². The number of nitrogens with zero attached hydrogens (tertiary/aromatic N) is 1. The van der Waals surface area contributed by atoms with Crippen LogP contribution in [-0.4, -0.2) is 55.3 Å². The lowest BCUT2D eigenvalue weighted by atomic mass is 9.93. The number of hydrogen-bond donors (Lipinski definition) is 1. The molecular weight excluding hydrogens is 460 g/mol. The third-order valence-corrected chi connectivity index (χ3v) is 8.09. The lowest BCUT2D eigenvalue weighted by Gasteiger charge is -2.43. The second-order valence-electron chi connectivity index (χ2n) is 9.15. The summed E-state index contributed by atoms with van der Waals surface area (Å²) in [5, 5.41) is 3.35. The molecule has 0 aromatic heterocycles. The summed E-state index contributed by atoms with van der Waals surface area (Å²) in [4.78, 5) is 28.9. The van der Waals surface area contributed by atoms with Crippen molar-refractivity contribution in [3.8, 4) is 11.5 Å². The molecule has 2 fully saturated rings. The number of benzene rings is 2. The summed E-state index contributed by atoms with van der Waals surface area (Å²) < 4.78 is 10.6. The summed E-state index contributed by atoms with van der Waals surface area (Å²) in [6.45, 7) is 2.64. The predicted octanol–water partition coefficient (Wildman–Crippen LogP) is 4.60. The zero-order valence-electron chi connectivity index (χ0n) is 20.7. The second kappa shape index (κ2) is 11.7. The molecule has 7 heteroatoms. The van der Waals surface area contributed by atoms with Crippen LogP contribution in [0.5, 0.6) is 11.5 Å². The molecule has 0 bridgehead atoms. The fourth-order valence-electron chi connectivity index (χ4n) is 4.77. The van der Waals surface area contributed by atoms with E-state index in [0.717, 1.165) is 35.3 Å². The van der Waals surface area contributed by atoms with E-state index in [0.29, 0.717) is 29.7 Å². The highest BCUT2D eigenvalue weighted by molar-refractivity contribution is 8.04. The Balaban J connectivity index is 1.40. The molecule has 1 heterocycles. The minimum atomic E-state index is -0.121. The van der Waals surface area contributed by atoms with Crippen LogP contribution in [0.3, 0.4) is 0 Å². The summed E-state index contributed by atoms with van der Waals surface area (Å²) in [7, 11) is 3.22. The Morgan fingerprint density at radius 1 is 1.09 bits per heavy atom. The van der Waals surface area contributed by atoms with E-state index in [1.54, 1.807) is 26.0 Å². The summed E-state index contributed by atoms with van der Waals surface area (Å²) in [6, 6.07) is 14.1. The zero-order valence-corrected chi connectivity index (χ0v) is 21.5. The Morgan fingerprint density at radius 3 is 2.57 bits per heavy atom. The van der Waals surface area contributed by atoms with E-state index < -0.39 is 0 Å². The fraction of sp³-hybridized carbons (Fsp3) is 0.429. The first-order chi connectivity index (χ1) is 17.0. The van der Waals surface area contributed by atoms with Crippen LogP contribution in [0.1, 0.15) is 42.4 Å². The second-order valence-corrected chi connectivity index (χ2v) is 10.4. The van der Waals surface area contributed by atoms with Crippen molar-refractivity contribution in [2.45, 2.75) is 50.3 Å². The summed E-state index contributed by atoms with van der Waals surface area (Å²) in [5.74, 6) is 1.20. The van der Waals surface area contributed by atoms with Gasteiger partial charge in [0.05, 0.1) is 19.1 Å². The van der Waals surface area contributed by atoms with Crippen molar-refractivity contribution in [3.63, 3.8) is 0 Å². The van der Waals surface area contributed by atoms with Crippen LogP contribution >= 0.6 is 11.8 Å². The number of carbonyl (C=O) groups is 2. The number of methoxy groups -OCH3 is 2. The molecule has 2 unspecified atom stereocenters. The quantitative estimate of drug-likeness (QED) is 0.544. The molecular formula is C28H34N2O4S. The average Bonchev–Trinajstić information content (AvgIpc) is 2.87. The highest BCUT2D eigenvalue weighted by Crippen LogP contribution is 2.42. The molecule has 4 rings (SSSR count). The Labute approximate surface area is 212 Å². The minimum absolute atomic E-state index is 0.0336.